The first-order valence-electron chi connectivity index (χ1n) is 6.64. The molecule has 0 fully saturated rings. The van der Waals surface area contributed by atoms with Crippen molar-refractivity contribution in [3.8, 4) is 0 Å². The second-order valence-corrected chi connectivity index (χ2v) is 5.10. The van der Waals surface area contributed by atoms with Gasteiger partial charge in [-0.15, -0.1) is 0 Å². The minimum atomic E-state index is -1.15. The normalized spacial score (nSPS) is 12.0. The first-order chi connectivity index (χ1) is 10.5. The topological polar surface area (TPSA) is 49.3 Å². The molecule has 2 N–H and O–H groups in total. The zero-order chi connectivity index (χ0) is 16.1. The number of hydrogen-bond donors (Lipinski definition) is 2. The summed E-state index contributed by atoms with van der Waals surface area (Å²) in [6, 6.07) is 10.1. The van der Waals surface area contributed by atoms with Crippen LogP contribution in [0.4, 0.5) is 8.78 Å². The van der Waals surface area contributed by atoms with Gasteiger partial charge in [0.1, 0.15) is 0 Å². The fraction of sp³-hybridized carbons (Fsp3) is 0.188. The van der Waals surface area contributed by atoms with Crippen molar-refractivity contribution in [2.24, 2.45) is 0 Å². The highest BCUT2D eigenvalue weighted by Gasteiger charge is 2.19. The first kappa shape index (κ1) is 16.4. The summed E-state index contributed by atoms with van der Waals surface area (Å²) in [4.78, 5) is 12.2. The number of amides is 1. The highest BCUT2D eigenvalue weighted by molar-refractivity contribution is 6.33. The monoisotopic (exact) mass is 325 g/mol. The van der Waals surface area contributed by atoms with Gasteiger partial charge in [-0.3, -0.25) is 4.79 Å². The van der Waals surface area contributed by atoms with Crippen molar-refractivity contribution >= 4 is 17.5 Å². The Hall–Kier alpha value is -1.98. The SMILES string of the molecule is O=C(NC(CCO)c1ccccc1)c1cc(F)c(F)cc1Cl. The van der Waals surface area contributed by atoms with E-state index in [2.05, 4.69) is 5.32 Å². The van der Waals surface area contributed by atoms with E-state index in [1.54, 1.807) is 24.3 Å². The van der Waals surface area contributed by atoms with E-state index < -0.39 is 23.6 Å². The smallest absolute Gasteiger partial charge is 0.253 e. The molecular formula is C16H14ClF2NO2. The van der Waals surface area contributed by atoms with Crippen LogP contribution in [0, 0.1) is 11.6 Å². The van der Waals surface area contributed by atoms with E-state index in [1.807, 2.05) is 6.07 Å². The molecule has 0 radical (unpaired) electrons. The van der Waals surface area contributed by atoms with E-state index in [0.29, 0.717) is 0 Å². The van der Waals surface area contributed by atoms with Crippen LogP contribution in [0.15, 0.2) is 42.5 Å². The van der Waals surface area contributed by atoms with E-state index in [1.165, 1.54) is 0 Å². The van der Waals surface area contributed by atoms with Crippen molar-refractivity contribution in [1.82, 2.24) is 5.32 Å². The third-order valence-corrected chi connectivity index (χ3v) is 3.49. The Morgan fingerprint density at radius 1 is 1.18 bits per heavy atom. The van der Waals surface area contributed by atoms with Crippen molar-refractivity contribution in [3.63, 3.8) is 0 Å². The van der Waals surface area contributed by atoms with Gasteiger partial charge >= 0.3 is 0 Å². The number of carbonyl (C=O) groups is 1. The third kappa shape index (κ3) is 3.81. The van der Waals surface area contributed by atoms with E-state index in [9.17, 15) is 13.6 Å². The Kier molecular flexibility index (Phi) is 5.46. The Morgan fingerprint density at radius 3 is 2.45 bits per heavy atom. The molecule has 22 heavy (non-hydrogen) atoms. The van der Waals surface area contributed by atoms with Gasteiger partial charge in [-0.25, -0.2) is 8.78 Å². The van der Waals surface area contributed by atoms with Crippen LogP contribution in [-0.4, -0.2) is 17.6 Å². The number of nitrogens with one attached hydrogen (secondary N) is 1. The van der Waals surface area contributed by atoms with E-state index in [4.69, 9.17) is 16.7 Å². The molecule has 0 bridgehead atoms. The summed E-state index contributed by atoms with van der Waals surface area (Å²) in [6.45, 7) is -0.134. The lowest BCUT2D eigenvalue weighted by molar-refractivity contribution is 0.0929. The number of benzene rings is 2. The lowest BCUT2D eigenvalue weighted by Crippen LogP contribution is -2.29. The predicted octanol–water partition coefficient (Wildman–Crippen LogP) is 3.47. The van der Waals surface area contributed by atoms with Crippen molar-refractivity contribution in [2.75, 3.05) is 6.61 Å². The standard InChI is InChI=1S/C16H14ClF2NO2/c17-12-9-14(19)13(18)8-11(12)16(22)20-15(6-7-21)10-4-2-1-3-5-10/h1-5,8-9,15,21H,6-7H2,(H,20,22). The molecule has 1 amide bonds. The van der Waals surface area contributed by atoms with Crippen LogP contribution in [0.3, 0.4) is 0 Å². The number of aliphatic hydroxyl groups excluding tert-OH is 1. The van der Waals surface area contributed by atoms with Gasteiger partial charge < -0.3 is 10.4 Å². The quantitative estimate of drug-likeness (QED) is 0.827. The Balaban J connectivity index is 2.24. The summed E-state index contributed by atoms with van der Waals surface area (Å²) < 4.78 is 26.3. The zero-order valence-electron chi connectivity index (χ0n) is 11.5. The maximum absolute atomic E-state index is 13.3. The van der Waals surface area contributed by atoms with Crippen LogP contribution in [0.25, 0.3) is 0 Å². The number of carbonyl (C=O) groups excluding carboxylic acids is 1. The van der Waals surface area contributed by atoms with Crippen molar-refractivity contribution in [1.29, 1.82) is 0 Å². The Labute approximate surface area is 131 Å². The molecule has 0 aromatic heterocycles. The van der Waals surface area contributed by atoms with Crippen LogP contribution >= 0.6 is 11.6 Å². The van der Waals surface area contributed by atoms with E-state index in [-0.39, 0.29) is 23.6 Å². The summed E-state index contributed by atoms with van der Waals surface area (Å²) in [7, 11) is 0. The Morgan fingerprint density at radius 2 is 1.82 bits per heavy atom. The summed E-state index contributed by atoms with van der Waals surface area (Å²) in [5, 5.41) is 11.6. The van der Waals surface area contributed by atoms with Gasteiger partial charge in [0.05, 0.1) is 16.6 Å². The maximum atomic E-state index is 13.3. The molecule has 3 nitrogen and oxygen atoms in total. The molecule has 2 aromatic rings. The highest BCUT2D eigenvalue weighted by Crippen LogP contribution is 2.22. The van der Waals surface area contributed by atoms with Crippen LogP contribution in [-0.2, 0) is 0 Å². The van der Waals surface area contributed by atoms with Gasteiger partial charge in [-0.1, -0.05) is 41.9 Å². The summed E-state index contributed by atoms with van der Waals surface area (Å²) in [6.07, 6.45) is 0.289. The molecule has 0 saturated heterocycles. The number of rotatable bonds is 5. The molecule has 2 rings (SSSR count). The zero-order valence-corrected chi connectivity index (χ0v) is 12.3. The van der Waals surface area contributed by atoms with Crippen LogP contribution in [0.2, 0.25) is 5.02 Å². The van der Waals surface area contributed by atoms with Crippen LogP contribution in [0.1, 0.15) is 28.4 Å². The van der Waals surface area contributed by atoms with Gasteiger partial charge in [-0.2, -0.15) is 0 Å². The molecule has 6 heteroatoms. The fourth-order valence-corrected chi connectivity index (χ4v) is 2.31. The lowest BCUT2D eigenvalue weighted by atomic mass is 10.0. The molecule has 116 valence electrons. The molecule has 0 saturated carbocycles. The first-order valence-corrected chi connectivity index (χ1v) is 7.02. The summed E-state index contributed by atoms with van der Waals surface area (Å²) in [5.74, 6) is -2.89. The second kappa shape index (κ2) is 7.33. The third-order valence-electron chi connectivity index (χ3n) is 3.18. The van der Waals surface area contributed by atoms with E-state index >= 15 is 0 Å². The van der Waals surface area contributed by atoms with Gasteiger partial charge in [-0.05, 0) is 24.1 Å². The van der Waals surface area contributed by atoms with E-state index in [0.717, 1.165) is 17.7 Å². The van der Waals surface area contributed by atoms with Gasteiger partial charge in [0, 0.05) is 6.61 Å². The predicted molar refractivity (Wildman–Crippen MR) is 79.7 cm³/mol. The van der Waals surface area contributed by atoms with Gasteiger partial charge in [0.25, 0.3) is 5.91 Å². The van der Waals surface area contributed by atoms with Crippen molar-refractivity contribution < 1.29 is 18.7 Å². The maximum Gasteiger partial charge on any atom is 0.253 e. The average Bonchev–Trinajstić information content (AvgIpc) is 2.51. The number of hydrogen-bond acceptors (Lipinski definition) is 2. The highest BCUT2D eigenvalue weighted by atomic mass is 35.5. The minimum Gasteiger partial charge on any atom is -0.396 e. The van der Waals surface area contributed by atoms with Crippen molar-refractivity contribution in [2.45, 2.75) is 12.5 Å². The molecule has 1 unspecified atom stereocenters. The molecule has 0 aliphatic heterocycles. The average molecular weight is 326 g/mol. The largest absolute Gasteiger partial charge is 0.396 e. The minimum absolute atomic E-state index is 0.134. The summed E-state index contributed by atoms with van der Waals surface area (Å²) in [5.41, 5.74) is 0.642. The molecule has 0 heterocycles. The number of aliphatic hydroxyl groups is 1. The van der Waals surface area contributed by atoms with Crippen molar-refractivity contribution in [3.05, 3.63) is 70.2 Å². The lowest BCUT2D eigenvalue weighted by Gasteiger charge is -2.18. The second-order valence-electron chi connectivity index (χ2n) is 4.70. The summed E-state index contributed by atoms with van der Waals surface area (Å²) >= 11 is 5.79. The number of halogens is 3. The van der Waals surface area contributed by atoms with Gasteiger partial charge in [0.15, 0.2) is 11.6 Å². The van der Waals surface area contributed by atoms with Crippen LogP contribution in [0.5, 0.6) is 0 Å². The molecule has 0 aliphatic rings. The van der Waals surface area contributed by atoms with Crippen LogP contribution < -0.4 is 5.32 Å². The molecule has 2 aromatic carbocycles. The Bertz CT molecular complexity index is 665. The van der Waals surface area contributed by atoms with Gasteiger partial charge in [0.2, 0.25) is 0 Å². The molecule has 0 spiro atoms. The molecular weight excluding hydrogens is 312 g/mol. The molecule has 0 aliphatic carbocycles. The fourth-order valence-electron chi connectivity index (χ4n) is 2.07. The molecule has 1 atom stereocenters.